The Bertz CT molecular complexity index is 1440. The topological polar surface area (TPSA) is 129 Å². The summed E-state index contributed by atoms with van der Waals surface area (Å²) in [5, 5.41) is 9.55. The van der Waals surface area contributed by atoms with Gasteiger partial charge in [-0.05, 0) is 61.6 Å². The Kier molecular flexibility index (Phi) is 7.00. The summed E-state index contributed by atoms with van der Waals surface area (Å²) in [6.45, 7) is 5.60. The minimum Gasteiger partial charge on any atom is -0.481 e. The number of hydrogen-bond acceptors (Lipinski definition) is 8. The lowest BCUT2D eigenvalue weighted by Gasteiger charge is -2.41. The molecule has 3 aromatic rings. The van der Waals surface area contributed by atoms with Crippen LogP contribution in [0.4, 0.5) is 16.4 Å². The van der Waals surface area contributed by atoms with Crippen molar-refractivity contribution in [3.8, 4) is 5.88 Å². The van der Waals surface area contributed by atoms with Crippen LogP contribution in [0.2, 0.25) is 0 Å². The molecule has 0 bridgehead atoms. The van der Waals surface area contributed by atoms with Crippen LogP contribution in [0.15, 0.2) is 48.8 Å². The number of rotatable bonds is 7. The molecule has 2 aromatic heterocycles. The van der Waals surface area contributed by atoms with Crippen molar-refractivity contribution in [1.82, 2.24) is 19.9 Å². The summed E-state index contributed by atoms with van der Waals surface area (Å²) < 4.78 is 5.27. The number of carboxylic acids is 1. The van der Waals surface area contributed by atoms with E-state index in [4.69, 9.17) is 4.74 Å². The number of carbonyl (C=O) groups is 3. The number of aromatic carboxylic acids is 1. The molecule has 4 heterocycles. The fourth-order valence-corrected chi connectivity index (χ4v) is 5.37. The zero-order valence-electron chi connectivity index (χ0n) is 22.1. The molecule has 0 radical (unpaired) electrons. The fraction of sp³-hybridized carbons (Fsp3) is 0.357. The average Bonchev–Trinajstić information content (AvgIpc) is 3.15. The minimum absolute atomic E-state index is 0.0853. The molecule has 11 heteroatoms. The van der Waals surface area contributed by atoms with Gasteiger partial charge in [-0.1, -0.05) is 13.0 Å². The van der Waals surface area contributed by atoms with Crippen LogP contribution in [-0.4, -0.2) is 68.6 Å². The van der Waals surface area contributed by atoms with Gasteiger partial charge < -0.3 is 9.84 Å². The van der Waals surface area contributed by atoms with Crippen LogP contribution in [0.3, 0.4) is 0 Å². The number of amides is 3. The Morgan fingerprint density at radius 3 is 2.54 bits per heavy atom. The number of aryl methyl sites for hydroxylation is 2. The number of hydrogen-bond donors (Lipinski definition) is 1. The van der Waals surface area contributed by atoms with E-state index in [1.54, 1.807) is 18.3 Å². The van der Waals surface area contributed by atoms with Crippen LogP contribution >= 0.6 is 0 Å². The highest BCUT2D eigenvalue weighted by atomic mass is 16.5. The number of benzene rings is 1. The van der Waals surface area contributed by atoms with E-state index in [0.717, 1.165) is 16.2 Å². The molecule has 1 aromatic carbocycles. The number of methoxy groups -OCH3 is 1. The standard InChI is InChI=1S/C28H30N6O5/c1-4-19-16-20(7-8-21(19)24(35)36)33-25(37)28(34(27(33)38)26-30-13-9-23(31-26)39-3)10-14-32(15-11-28)17-22-18(2)6-5-12-29-22/h5-9,12-13,16H,4,10-11,14-15,17H2,1-3H3,(H,35,36). The number of anilines is 2. The Balaban J connectivity index is 1.52. The number of urea groups is 1. The van der Waals surface area contributed by atoms with Crippen molar-refractivity contribution < 1.29 is 24.2 Å². The molecule has 1 spiro atoms. The lowest BCUT2D eigenvalue weighted by Crippen LogP contribution is -2.57. The predicted octanol–water partition coefficient (Wildman–Crippen LogP) is 3.46. The van der Waals surface area contributed by atoms with E-state index in [2.05, 4.69) is 19.9 Å². The third-order valence-corrected chi connectivity index (χ3v) is 7.57. The molecule has 0 atom stereocenters. The second kappa shape index (κ2) is 10.4. The lowest BCUT2D eigenvalue weighted by atomic mass is 9.85. The van der Waals surface area contributed by atoms with Gasteiger partial charge in [0, 0.05) is 38.1 Å². The van der Waals surface area contributed by atoms with Crippen LogP contribution in [0.1, 0.15) is 46.9 Å². The maximum absolute atomic E-state index is 14.2. The summed E-state index contributed by atoms with van der Waals surface area (Å²) in [6.07, 6.45) is 4.43. The summed E-state index contributed by atoms with van der Waals surface area (Å²) in [6, 6.07) is 9.46. The molecule has 0 aliphatic carbocycles. The molecular formula is C28H30N6O5. The molecule has 2 fully saturated rings. The number of carboxylic acid groups (broad SMARTS) is 1. The third kappa shape index (κ3) is 4.59. The van der Waals surface area contributed by atoms with E-state index in [-0.39, 0.29) is 23.3 Å². The van der Waals surface area contributed by atoms with Crippen molar-refractivity contribution in [1.29, 1.82) is 0 Å². The van der Waals surface area contributed by atoms with Gasteiger partial charge in [-0.2, -0.15) is 4.98 Å². The quantitative estimate of drug-likeness (QED) is 0.457. The molecule has 11 nitrogen and oxygen atoms in total. The minimum atomic E-state index is -1.20. The predicted molar refractivity (Wildman–Crippen MR) is 143 cm³/mol. The van der Waals surface area contributed by atoms with Crippen molar-refractivity contribution in [2.75, 3.05) is 30.0 Å². The van der Waals surface area contributed by atoms with Gasteiger partial charge in [-0.15, -0.1) is 0 Å². The Labute approximate surface area is 226 Å². The van der Waals surface area contributed by atoms with E-state index in [1.165, 1.54) is 30.3 Å². The zero-order chi connectivity index (χ0) is 27.7. The smallest absolute Gasteiger partial charge is 0.339 e. The average molecular weight is 531 g/mol. The number of nitrogens with zero attached hydrogens (tertiary/aromatic N) is 6. The van der Waals surface area contributed by atoms with Crippen molar-refractivity contribution in [3.63, 3.8) is 0 Å². The number of carbonyl (C=O) groups excluding carboxylic acids is 2. The van der Waals surface area contributed by atoms with Crippen molar-refractivity contribution >= 4 is 29.5 Å². The normalized spacial score (nSPS) is 17.2. The van der Waals surface area contributed by atoms with Crippen LogP contribution in [0.25, 0.3) is 0 Å². The second-order valence-corrected chi connectivity index (χ2v) is 9.73. The van der Waals surface area contributed by atoms with E-state index in [1.807, 2.05) is 26.0 Å². The van der Waals surface area contributed by atoms with Gasteiger partial charge in [0.1, 0.15) is 5.54 Å². The molecular weight excluding hydrogens is 500 g/mol. The van der Waals surface area contributed by atoms with E-state index < -0.39 is 17.5 Å². The highest BCUT2D eigenvalue weighted by Gasteiger charge is 2.60. The molecule has 2 saturated heterocycles. The Hall–Kier alpha value is -4.38. The molecule has 202 valence electrons. The SMILES string of the molecule is CCc1cc(N2C(=O)N(c3nccc(OC)n3)C3(CCN(Cc4ncccc4C)CC3)C2=O)ccc1C(=O)O. The first-order valence-corrected chi connectivity index (χ1v) is 12.8. The molecule has 39 heavy (non-hydrogen) atoms. The van der Waals surface area contributed by atoms with E-state index >= 15 is 0 Å². The van der Waals surface area contributed by atoms with Gasteiger partial charge in [0.05, 0.1) is 24.1 Å². The highest BCUT2D eigenvalue weighted by Crippen LogP contribution is 2.42. The van der Waals surface area contributed by atoms with Crippen LogP contribution in [0, 0.1) is 6.92 Å². The number of pyridine rings is 1. The largest absolute Gasteiger partial charge is 0.481 e. The molecule has 2 aliphatic rings. The Morgan fingerprint density at radius 1 is 1.10 bits per heavy atom. The summed E-state index contributed by atoms with van der Waals surface area (Å²) in [5.74, 6) is -1.08. The molecule has 5 rings (SSSR count). The highest BCUT2D eigenvalue weighted by molar-refractivity contribution is 6.30. The summed E-state index contributed by atoms with van der Waals surface area (Å²) in [5.41, 5.74) is 1.87. The Morgan fingerprint density at radius 2 is 1.87 bits per heavy atom. The molecule has 3 amide bonds. The fourth-order valence-electron chi connectivity index (χ4n) is 5.37. The zero-order valence-corrected chi connectivity index (χ0v) is 22.1. The van der Waals surface area contributed by atoms with E-state index in [9.17, 15) is 19.5 Å². The van der Waals surface area contributed by atoms with Crippen LogP contribution in [-0.2, 0) is 17.8 Å². The molecule has 1 N–H and O–H groups in total. The number of piperidine rings is 1. The first-order valence-electron chi connectivity index (χ1n) is 12.8. The molecule has 0 saturated carbocycles. The molecule has 0 unspecified atom stereocenters. The van der Waals surface area contributed by atoms with Crippen LogP contribution in [0.5, 0.6) is 5.88 Å². The number of likely N-dealkylation sites (tertiary alicyclic amines) is 1. The van der Waals surface area contributed by atoms with Gasteiger partial charge in [0.25, 0.3) is 5.91 Å². The van der Waals surface area contributed by atoms with Gasteiger partial charge in [-0.3, -0.25) is 14.7 Å². The van der Waals surface area contributed by atoms with Crippen LogP contribution < -0.4 is 14.5 Å². The first kappa shape index (κ1) is 26.2. The maximum Gasteiger partial charge on any atom is 0.339 e. The number of ether oxygens (including phenoxy) is 1. The van der Waals surface area contributed by atoms with Gasteiger partial charge in [-0.25, -0.2) is 24.4 Å². The van der Waals surface area contributed by atoms with Crippen molar-refractivity contribution in [2.24, 2.45) is 0 Å². The van der Waals surface area contributed by atoms with Gasteiger partial charge in [0.15, 0.2) is 0 Å². The monoisotopic (exact) mass is 530 g/mol. The van der Waals surface area contributed by atoms with Gasteiger partial charge >= 0.3 is 12.0 Å². The summed E-state index contributed by atoms with van der Waals surface area (Å²) >= 11 is 0. The summed E-state index contributed by atoms with van der Waals surface area (Å²) in [7, 11) is 1.47. The van der Waals surface area contributed by atoms with Crippen molar-refractivity contribution in [3.05, 3.63) is 71.2 Å². The maximum atomic E-state index is 14.2. The number of aromatic nitrogens is 3. The third-order valence-electron chi connectivity index (χ3n) is 7.57. The van der Waals surface area contributed by atoms with Gasteiger partial charge in [0.2, 0.25) is 11.8 Å². The number of imide groups is 1. The second-order valence-electron chi connectivity index (χ2n) is 9.73. The van der Waals surface area contributed by atoms with Crippen molar-refractivity contribution in [2.45, 2.75) is 45.2 Å². The summed E-state index contributed by atoms with van der Waals surface area (Å²) in [4.78, 5) is 57.8. The first-order chi connectivity index (χ1) is 18.8. The molecule has 2 aliphatic heterocycles. The van der Waals surface area contributed by atoms with E-state index in [0.29, 0.717) is 50.1 Å². The lowest BCUT2D eigenvalue weighted by molar-refractivity contribution is -0.123.